The lowest BCUT2D eigenvalue weighted by Crippen LogP contribution is -2.47. The normalized spacial score (nSPS) is 26.2. The topological polar surface area (TPSA) is 51.2 Å². The van der Waals surface area contributed by atoms with E-state index in [-0.39, 0.29) is 17.8 Å². The van der Waals surface area contributed by atoms with Crippen molar-refractivity contribution in [2.45, 2.75) is 76.3 Å². The second kappa shape index (κ2) is 10.5. The highest BCUT2D eigenvalue weighted by molar-refractivity contribution is 5.52. The number of nitrogens with zero attached hydrogens (tertiary/aromatic N) is 1. The first kappa shape index (κ1) is 24.6. The van der Waals surface area contributed by atoms with Crippen LogP contribution in [0.25, 0.3) is 0 Å². The maximum absolute atomic E-state index is 10.1. The van der Waals surface area contributed by atoms with Crippen LogP contribution in [0.4, 0.5) is 5.69 Å². The van der Waals surface area contributed by atoms with E-state index in [9.17, 15) is 5.11 Å². The van der Waals surface area contributed by atoms with E-state index in [1.165, 1.54) is 48.9 Å². The lowest BCUT2D eigenvalue weighted by atomic mass is 9.65. The monoisotopic (exact) mass is 479 g/mol. The van der Waals surface area contributed by atoms with Crippen LogP contribution in [0.1, 0.15) is 74.5 Å². The van der Waals surface area contributed by atoms with Gasteiger partial charge in [0.2, 0.25) is 0 Å². The van der Waals surface area contributed by atoms with E-state index in [1.807, 2.05) is 12.1 Å². The van der Waals surface area contributed by atoms with Crippen molar-refractivity contribution in [1.29, 1.82) is 0 Å². The molecule has 2 aromatic carbocycles. The molecule has 2 aliphatic heterocycles. The summed E-state index contributed by atoms with van der Waals surface area (Å²) in [6.45, 7) is 4.94. The standard InChI is InChI=1S/C30H41NO4/c1-30(24-7-5-4-6-8-24)28(27-14-13-26(32)19-23(27)20-35-30)21-9-11-25(12-10-21)31-17-15-22(16-18-31)29(33-2)34-3/h9-14,19,22,24,28-29,32H,4-8,15-18,20H2,1-3H3/t28-,30+/m1/s1. The Balaban J connectivity index is 1.40. The van der Waals surface area contributed by atoms with Crippen molar-refractivity contribution in [1.82, 2.24) is 0 Å². The summed E-state index contributed by atoms with van der Waals surface area (Å²) in [5.41, 5.74) is 4.77. The zero-order valence-electron chi connectivity index (χ0n) is 21.5. The molecule has 1 aliphatic carbocycles. The maximum atomic E-state index is 10.1. The molecule has 3 aliphatic rings. The van der Waals surface area contributed by atoms with Gasteiger partial charge in [0.15, 0.2) is 6.29 Å². The van der Waals surface area contributed by atoms with E-state index in [2.05, 4.69) is 42.2 Å². The molecular formula is C30H41NO4. The predicted molar refractivity (Wildman–Crippen MR) is 139 cm³/mol. The quantitative estimate of drug-likeness (QED) is 0.498. The predicted octanol–water partition coefficient (Wildman–Crippen LogP) is 6.23. The van der Waals surface area contributed by atoms with Crippen molar-refractivity contribution in [2.75, 3.05) is 32.2 Å². The van der Waals surface area contributed by atoms with Crippen molar-refractivity contribution in [3.63, 3.8) is 0 Å². The van der Waals surface area contributed by atoms with Gasteiger partial charge in [0, 0.05) is 44.8 Å². The molecule has 0 aromatic heterocycles. The van der Waals surface area contributed by atoms with Crippen LogP contribution in [0.15, 0.2) is 42.5 Å². The Hall–Kier alpha value is -2.08. The maximum Gasteiger partial charge on any atom is 0.159 e. The van der Waals surface area contributed by atoms with Crippen LogP contribution in [0.2, 0.25) is 0 Å². The fourth-order valence-corrected chi connectivity index (χ4v) is 6.95. The van der Waals surface area contributed by atoms with E-state index >= 15 is 0 Å². The average Bonchev–Trinajstić information content (AvgIpc) is 2.91. The van der Waals surface area contributed by atoms with E-state index in [4.69, 9.17) is 14.2 Å². The van der Waals surface area contributed by atoms with Gasteiger partial charge in [-0.25, -0.2) is 0 Å². The zero-order valence-corrected chi connectivity index (χ0v) is 21.5. The molecule has 1 saturated heterocycles. The van der Waals surface area contributed by atoms with Crippen molar-refractivity contribution in [3.8, 4) is 5.75 Å². The number of methoxy groups -OCH3 is 2. The lowest BCUT2D eigenvalue weighted by Gasteiger charge is -2.49. The van der Waals surface area contributed by atoms with Crippen molar-refractivity contribution in [2.24, 2.45) is 11.8 Å². The highest BCUT2D eigenvalue weighted by Crippen LogP contribution is 2.51. The molecule has 0 radical (unpaired) electrons. The number of rotatable bonds is 6. The minimum atomic E-state index is -0.237. The van der Waals surface area contributed by atoms with Gasteiger partial charge in [0.1, 0.15) is 5.75 Å². The van der Waals surface area contributed by atoms with Crippen LogP contribution in [0.5, 0.6) is 5.75 Å². The number of piperidine rings is 1. The highest BCUT2D eigenvalue weighted by atomic mass is 16.7. The molecule has 0 bridgehead atoms. The van der Waals surface area contributed by atoms with Crippen LogP contribution in [0, 0.1) is 11.8 Å². The summed E-state index contributed by atoms with van der Waals surface area (Å²) in [6, 6.07) is 15.0. The van der Waals surface area contributed by atoms with E-state index in [0.717, 1.165) is 31.5 Å². The largest absolute Gasteiger partial charge is 0.508 e. The number of phenols is 1. The Bertz CT molecular complexity index is 974. The number of hydrogen-bond acceptors (Lipinski definition) is 5. The molecule has 2 aromatic rings. The van der Waals surface area contributed by atoms with Crippen LogP contribution >= 0.6 is 0 Å². The number of fused-ring (bicyclic) bond motifs is 1. The first-order chi connectivity index (χ1) is 17.0. The zero-order chi connectivity index (χ0) is 24.4. The van der Waals surface area contributed by atoms with Crippen molar-refractivity contribution >= 4 is 5.69 Å². The number of hydrogen-bond donors (Lipinski definition) is 1. The Labute approximate surface area is 210 Å². The van der Waals surface area contributed by atoms with E-state index < -0.39 is 0 Å². The molecule has 2 atom stereocenters. The van der Waals surface area contributed by atoms with Gasteiger partial charge in [-0.2, -0.15) is 0 Å². The van der Waals surface area contributed by atoms with Crippen LogP contribution in [-0.4, -0.2) is 44.3 Å². The smallest absolute Gasteiger partial charge is 0.159 e. The Kier molecular flexibility index (Phi) is 7.38. The van der Waals surface area contributed by atoms with Crippen LogP contribution < -0.4 is 4.90 Å². The van der Waals surface area contributed by atoms with E-state index in [0.29, 0.717) is 24.2 Å². The Morgan fingerprint density at radius 2 is 1.63 bits per heavy atom. The molecule has 1 saturated carbocycles. The Morgan fingerprint density at radius 1 is 0.943 bits per heavy atom. The molecule has 1 N–H and O–H groups in total. The van der Waals surface area contributed by atoms with Gasteiger partial charge >= 0.3 is 0 Å². The molecule has 0 spiro atoms. The van der Waals surface area contributed by atoms with Crippen LogP contribution in [0.3, 0.4) is 0 Å². The average molecular weight is 480 g/mol. The summed E-state index contributed by atoms with van der Waals surface area (Å²) in [7, 11) is 3.46. The number of anilines is 1. The third kappa shape index (κ3) is 4.83. The first-order valence-corrected chi connectivity index (χ1v) is 13.4. The van der Waals surface area contributed by atoms with Gasteiger partial charge < -0.3 is 24.2 Å². The molecule has 5 heteroatoms. The molecule has 5 nitrogen and oxygen atoms in total. The fourth-order valence-electron chi connectivity index (χ4n) is 6.95. The molecule has 2 fully saturated rings. The summed E-state index contributed by atoms with van der Waals surface area (Å²) in [5, 5.41) is 10.1. The molecule has 2 heterocycles. The van der Waals surface area contributed by atoms with Gasteiger partial charge in [0.25, 0.3) is 0 Å². The molecule has 35 heavy (non-hydrogen) atoms. The molecule has 190 valence electrons. The van der Waals surface area contributed by atoms with Crippen molar-refractivity contribution in [3.05, 3.63) is 59.2 Å². The number of benzene rings is 2. The number of phenolic OH excluding ortho intramolecular Hbond substituents is 1. The molecule has 0 amide bonds. The SMILES string of the molecule is COC(OC)C1CCN(c2ccc([C@@H]3c4ccc(O)cc4CO[C@@]3(C)C3CCCCC3)cc2)CC1. The fraction of sp³-hybridized carbons (Fsp3) is 0.600. The first-order valence-electron chi connectivity index (χ1n) is 13.4. The summed E-state index contributed by atoms with van der Waals surface area (Å²) < 4.78 is 17.7. The van der Waals surface area contributed by atoms with Gasteiger partial charge in [-0.1, -0.05) is 37.5 Å². The second-order valence-corrected chi connectivity index (χ2v) is 10.9. The summed E-state index contributed by atoms with van der Waals surface area (Å²) in [5.74, 6) is 1.48. The Morgan fingerprint density at radius 3 is 2.29 bits per heavy atom. The van der Waals surface area contributed by atoms with Crippen molar-refractivity contribution < 1.29 is 19.3 Å². The minimum Gasteiger partial charge on any atom is -0.508 e. The van der Waals surface area contributed by atoms with Gasteiger partial charge in [-0.3, -0.25) is 0 Å². The summed E-state index contributed by atoms with van der Waals surface area (Å²) >= 11 is 0. The van der Waals surface area contributed by atoms with Crippen LogP contribution in [-0.2, 0) is 20.8 Å². The second-order valence-electron chi connectivity index (χ2n) is 10.9. The number of aromatic hydroxyl groups is 1. The summed E-state index contributed by atoms with van der Waals surface area (Å²) in [6.07, 6.45) is 8.42. The lowest BCUT2D eigenvalue weighted by molar-refractivity contribution is -0.141. The minimum absolute atomic E-state index is 0.109. The molecule has 0 unspecified atom stereocenters. The highest BCUT2D eigenvalue weighted by Gasteiger charge is 2.47. The van der Waals surface area contributed by atoms with Gasteiger partial charge in [0.05, 0.1) is 12.2 Å². The molecular weight excluding hydrogens is 438 g/mol. The van der Waals surface area contributed by atoms with Gasteiger partial charge in [-0.05, 0) is 79.5 Å². The van der Waals surface area contributed by atoms with E-state index in [1.54, 1.807) is 14.2 Å². The third-order valence-electron chi connectivity index (χ3n) is 8.95. The van der Waals surface area contributed by atoms with Gasteiger partial charge in [-0.15, -0.1) is 0 Å². The molecule has 5 rings (SSSR count). The number of ether oxygens (including phenoxy) is 3. The summed E-state index contributed by atoms with van der Waals surface area (Å²) in [4.78, 5) is 2.48. The third-order valence-corrected chi connectivity index (χ3v) is 8.95.